The van der Waals surface area contributed by atoms with E-state index in [1.54, 1.807) is 34.6 Å². The number of amides is 1. The number of ether oxygens (including phenoxy) is 3. The smallest absolute Gasteiger partial charge is 0.407 e. The highest BCUT2D eigenvalue weighted by atomic mass is 16.6. The zero-order valence-corrected chi connectivity index (χ0v) is 18.1. The highest BCUT2D eigenvalue weighted by molar-refractivity contribution is 6.00. The monoisotopic (exact) mass is 407 g/mol. The van der Waals surface area contributed by atoms with E-state index in [9.17, 15) is 14.4 Å². The largest absolute Gasteiger partial charge is 0.465 e. The van der Waals surface area contributed by atoms with Crippen LogP contribution in [-0.2, 0) is 30.4 Å². The Hall–Kier alpha value is -2.57. The number of alkyl carbamates (subject to hydrolysis) is 1. The minimum absolute atomic E-state index is 0.0857. The standard InChI is InChI=1S/C22H33NO6/c1-6-22(7-2,19(25)28-16-17-12-9-8-10-13-17)18(24)27-15-11-14-23-20(26)29-21(3,4)5/h8-10,12-13H,6-7,11,14-16H2,1-5H3,(H,23,26). The molecule has 1 rings (SSSR count). The van der Waals surface area contributed by atoms with Crippen LogP contribution in [0.4, 0.5) is 4.79 Å². The van der Waals surface area contributed by atoms with E-state index in [1.807, 2.05) is 30.3 Å². The van der Waals surface area contributed by atoms with E-state index in [0.717, 1.165) is 5.56 Å². The molecule has 1 amide bonds. The van der Waals surface area contributed by atoms with Gasteiger partial charge in [-0.2, -0.15) is 0 Å². The Labute approximate surface area is 173 Å². The van der Waals surface area contributed by atoms with Crippen LogP contribution in [0.2, 0.25) is 0 Å². The van der Waals surface area contributed by atoms with E-state index in [4.69, 9.17) is 14.2 Å². The van der Waals surface area contributed by atoms with Gasteiger partial charge in [0.2, 0.25) is 0 Å². The first kappa shape index (κ1) is 24.5. The molecule has 0 saturated carbocycles. The summed E-state index contributed by atoms with van der Waals surface area (Å²) in [5.74, 6) is -1.18. The SMILES string of the molecule is CCC(CC)(C(=O)OCCCNC(=O)OC(C)(C)C)C(=O)OCc1ccccc1. The van der Waals surface area contributed by atoms with Gasteiger partial charge in [-0.1, -0.05) is 44.2 Å². The molecular formula is C22H33NO6. The van der Waals surface area contributed by atoms with Crippen LogP contribution in [0.15, 0.2) is 30.3 Å². The normalized spacial score (nSPS) is 11.5. The molecule has 162 valence electrons. The van der Waals surface area contributed by atoms with Gasteiger partial charge in [0.1, 0.15) is 12.2 Å². The number of nitrogens with one attached hydrogen (secondary N) is 1. The summed E-state index contributed by atoms with van der Waals surface area (Å²) in [5.41, 5.74) is -1.05. The number of rotatable bonds is 10. The van der Waals surface area contributed by atoms with Gasteiger partial charge in [0.25, 0.3) is 0 Å². The van der Waals surface area contributed by atoms with Gasteiger partial charge in [0.05, 0.1) is 6.61 Å². The molecule has 1 aromatic rings. The minimum Gasteiger partial charge on any atom is -0.465 e. The van der Waals surface area contributed by atoms with Crippen molar-refractivity contribution in [3.05, 3.63) is 35.9 Å². The van der Waals surface area contributed by atoms with E-state index in [0.29, 0.717) is 13.0 Å². The number of carbonyl (C=O) groups is 3. The van der Waals surface area contributed by atoms with E-state index in [2.05, 4.69) is 5.32 Å². The Bertz CT molecular complexity index is 662. The quantitative estimate of drug-likeness (QED) is 0.273. The maximum absolute atomic E-state index is 12.7. The summed E-state index contributed by atoms with van der Waals surface area (Å²) in [7, 11) is 0. The van der Waals surface area contributed by atoms with Crippen LogP contribution in [0, 0.1) is 5.41 Å². The fourth-order valence-electron chi connectivity index (χ4n) is 2.65. The molecule has 0 fully saturated rings. The first-order chi connectivity index (χ1) is 13.6. The predicted octanol–water partition coefficient (Wildman–Crippen LogP) is 3.99. The Morgan fingerprint density at radius 3 is 2.07 bits per heavy atom. The lowest BCUT2D eigenvalue weighted by Crippen LogP contribution is -2.41. The maximum Gasteiger partial charge on any atom is 0.407 e. The van der Waals surface area contributed by atoms with Crippen molar-refractivity contribution in [1.29, 1.82) is 0 Å². The van der Waals surface area contributed by atoms with Crippen molar-refractivity contribution in [2.45, 2.75) is 66.1 Å². The summed E-state index contributed by atoms with van der Waals surface area (Å²) in [6, 6.07) is 9.29. The second-order valence-electron chi connectivity index (χ2n) is 7.77. The fourth-order valence-corrected chi connectivity index (χ4v) is 2.65. The van der Waals surface area contributed by atoms with Crippen LogP contribution in [0.5, 0.6) is 0 Å². The van der Waals surface area contributed by atoms with Crippen molar-refractivity contribution in [3.8, 4) is 0 Å². The maximum atomic E-state index is 12.7. The van der Waals surface area contributed by atoms with Gasteiger partial charge >= 0.3 is 18.0 Å². The molecule has 7 nitrogen and oxygen atoms in total. The summed E-state index contributed by atoms with van der Waals surface area (Å²) in [4.78, 5) is 36.9. The fraction of sp³-hybridized carbons (Fsp3) is 0.591. The van der Waals surface area contributed by atoms with Gasteiger partial charge in [-0.15, -0.1) is 0 Å². The number of hydrogen-bond acceptors (Lipinski definition) is 6. The topological polar surface area (TPSA) is 90.9 Å². The zero-order valence-electron chi connectivity index (χ0n) is 18.1. The third kappa shape index (κ3) is 8.13. The molecule has 1 aromatic carbocycles. The lowest BCUT2D eigenvalue weighted by molar-refractivity contribution is -0.174. The molecule has 0 bridgehead atoms. The third-order valence-electron chi connectivity index (χ3n) is 4.42. The number of esters is 2. The molecule has 1 N–H and O–H groups in total. The molecule has 0 saturated heterocycles. The minimum atomic E-state index is -1.33. The van der Waals surface area contributed by atoms with Crippen molar-refractivity contribution in [1.82, 2.24) is 5.32 Å². The van der Waals surface area contributed by atoms with Crippen LogP contribution in [-0.4, -0.2) is 36.8 Å². The van der Waals surface area contributed by atoms with Crippen molar-refractivity contribution < 1.29 is 28.6 Å². The van der Waals surface area contributed by atoms with Gasteiger partial charge in [0, 0.05) is 6.54 Å². The molecule has 29 heavy (non-hydrogen) atoms. The van der Waals surface area contributed by atoms with Crippen LogP contribution in [0.1, 0.15) is 59.4 Å². The van der Waals surface area contributed by atoms with Gasteiger partial charge in [-0.25, -0.2) is 4.79 Å². The Kier molecular flexibility index (Phi) is 9.65. The molecule has 0 aliphatic rings. The Balaban J connectivity index is 2.49. The molecule has 7 heteroatoms. The van der Waals surface area contributed by atoms with Crippen LogP contribution < -0.4 is 5.32 Å². The van der Waals surface area contributed by atoms with Gasteiger partial charge < -0.3 is 19.5 Å². The van der Waals surface area contributed by atoms with Crippen molar-refractivity contribution in [2.24, 2.45) is 5.41 Å². The molecule has 0 aromatic heterocycles. The summed E-state index contributed by atoms with van der Waals surface area (Å²) in [6.07, 6.45) is 0.455. The summed E-state index contributed by atoms with van der Waals surface area (Å²) < 4.78 is 15.8. The molecule has 0 spiro atoms. The summed E-state index contributed by atoms with van der Waals surface area (Å²) in [6.45, 7) is 9.35. The second-order valence-corrected chi connectivity index (χ2v) is 7.77. The molecule has 0 radical (unpaired) electrons. The number of hydrogen-bond donors (Lipinski definition) is 1. The van der Waals surface area contributed by atoms with E-state index in [1.165, 1.54) is 0 Å². The van der Waals surface area contributed by atoms with Gasteiger partial charge in [-0.3, -0.25) is 9.59 Å². The van der Waals surface area contributed by atoms with Crippen LogP contribution >= 0.6 is 0 Å². The average Bonchev–Trinajstić information content (AvgIpc) is 2.67. The first-order valence-corrected chi connectivity index (χ1v) is 10.00. The van der Waals surface area contributed by atoms with Crippen molar-refractivity contribution >= 4 is 18.0 Å². The number of benzene rings is 1. The molecule has 0 aliphatic carbocycles. The Morgan fingerprint density at radius 2 is 1.52 bits per heavy atom. The van der Waals surface area contributed by atoms with E-state index < -0.39 is 29.0 Å². The van der Waals surface area contributed by atoms with E-state index in [-0.39, 0.29) is 26.1 Å². The van der Waals surface area contributed by atoms with Crippen LogP contribution in [0.3, 0.4) is 0 Å². The predicted molar refractivity (Wildman–Crippen MR) is 109 cm³/mol. The summed E-state index contributed by atoms with van der Waals surface area (Å²) in [5, 5.41) is 2.60. The van der Waals surface area contributed by atoms with Crippen molar-refractivity contribution in [2.75, 3.05) is 13.2 Å². The van der Waals surface area contributed by atoms with Crippen molar-refractivity contribution in [3.63, 3.8) is 0 Å². The lowest BCUT2D eigenvalue weighted by Gasteiger charge is -2.27. The third-order valence-corrected chi connectivity index (χ3v) is 4.42. The summed E-state index contributed by atoms with van der Waals surface area (Å²) >= 11 is 0. The van der Waals surface area contributed by atoms with Gasteiger partial charge in [-0.05, 0) is 45.6 Å². The van der Waals surface area contributed by atoms with Crippen LogP contribution in [0.25, 0.3) is 0 Å². The molecule has 0 atom stereocenters. The highest BCUT2D eigenvalue weighted by Crippen LogP contribution is 2.30. The van der Waals surface area contributed by atoms with E-state index >= 15 is 0 Å². The average molecular weight is 408 g/mol. The number of carbonyl (C=O) groups excluding carboxylic acids is 3. The Morgan fingerprint density at radius 1 is 0.931 bits per heavy atom. The zero-order chi connectivity index (χ0) is 21.9. The van der Waals surface area contributed by atoms with Gasteiger partial charge in [0.15, 0.2) is 5.41 Å². The second kappa shape index (κ2) is 11.4. The highest BCUT2D eigenvalue weighted by Gasteiger charge is 2.45. The molecular weight excluding hydrogens is 374 g/mol. The molecule has 0 unspecified atom stereocenters. The molecule has 0 aliphatic heterocycles. The first-order valence-electron chi connectivity index (χ1n) is 10.00. The lowest BCUT2D eigenvalue weighted by atomic mass is 9.82. The molecule has 0 heterocycles.